The minimum atomic E-state index is -0.236. The molecule has 0 aromatic heterocycles. The van der Waals surface area contributed by atoms with Crippen LogP contribution in [-0.2, 0) is 19.3 Å². The average molecular weight is 249 g/mol. The molecule has 0 amide bonds. The molecule has 0 radical (unpaired) electrons. The van der Waals surface area contributed by atoms with E-state index < -0.39 is 0 Å². The number of hydrogen-bond donors (Lipinski definition) is 0. The van der Waals surface area contributed by atoms with Crippen LogP contribution in [0.25, 0.3) is 0 Å². The monoisotopic (exact) mass is 249 g/mol. The van der Waals surface area contributed by atoms with Gasteiger partial charge in [-0.25, -0.2) is 0 Å². The van der Waals surface area contributed by atoms with E-state index in [2.05, 4.69) is 26.8 Å². The lowest BCUT2D eigenvalue weighted by atomic mass is 9.94. The fourth-order valence-electron chi connectivity index (χ4n) is 2.37. The molecule has 0 heterocycles. The molecule has 3 heteroatoms. The number of aryl methyl sites for hydroxylation is 3. The summed E-state index contributed by atoms with van der Waals surface area (Å²) < 4.78 is 0. The van der Waals surface area contributed by atoms with E-state index in [1.165, 1.54) is 5.56 Å². The average Bonchev–Trinajstić information content (AvgIpc) is 2.32. The van der Waals surface area contributed by atoms with Gasteiger partial charge in [-0.3, -0.25) is 10.1 Å². The van der Waals surface area contributed by atoms with Crippen LogP contribution in [0.1, 0.15) is 56.7 Å². The molecule has 0 saturated carbocycles. The van der Waals surface area contributed by atoms with Gasteiger partial charge in [0.2, 0.25) is 0 Å². The molecule has 100 valence electrons. The molecule has 0 spiro atoms. The van der Waals surface area contributed by atoms with Crippen LogP contribution in [0.2, 0.25) is 0 Å². The maximum absolute atomic E-state index is 11.1. The molecule has 1 rings (SSSR count). The maximum atomic E-state index is 11.1. The van der Waals surface area contributed by atoms with Crippen molar-refractivity contribution in [2.75, 3.05) is 0 Å². The first-order valence-corrected chi connectivity index (χ1v) is 6.93. The SMILES string of the molecule is CCCc1cc(CCC)c([N+](=O)[O-])cc1CCC. The van der Waals surface area contributed by atoms with Gasteiger partial charge in [0, 0.05) is 11.6 Å². The Balaban J connectivity index is 3.25. The predicted molar refractivity (Wildman–Crippen MR) is 75.1 cm³/mol. The molecule has 0 atom stereocenters. The summed E-state index contributed by atoms with van der Waals surface area (Å²) in [5.74, 6) is 0. The molecular weight excluding hydrogens is 226 g/mol. The summed E-state index contributed by atoms with van der Waals surface area (Å²) in [5.41, 5.74) is 3.66. The highest BCUT2D eigenvalue weighted by Crippen LogP contribution is 2.26. The summed E-state index contributed by atoms with van der Waals surface area (Å²) in [7, 11) is 0. The van der Waals surface area contributed by atoms with E-state index in [0.717, 1.165) is 49.7 Å². The van der Waals surface area contributed by atoms with Gasteiger partial charge in [-0.1, -0.05) is 40.0 Å². The predicted octanol–water partition coefficient (Wildman–Crippen LogP) is 4.45. The van der Waals surface area contributed by atoms with Crippen molar-refractivity contribution in [1.82, 2.24) is 0 Å². The fourth-order valence-corrected chi connectivity index (χ4v) is 2.37. The number of nitro groups is 1. The standard InChI is InChI=1S/C15H23NO2/c1-4-7-12-10-14(9-6-3)15(16(17)18)11-13(12)8-5-2/h10-11H,4-9H2,1-3H3. The van der Waals surface area contributed by atoms with Crippen molar-refractivity contribution >= 4 is 5.69 Å². The highest BCUT2D eigenvalue weighted by Gasteiger charge is 2.16. The van der Waals surface area contributed by atoms with E-state index in [0.29, 0.717) is 5.69 Å². The van der Waals surface area contributed by atoms with Crippen LogP contribution in [0.3, 0.4) is 0 Å². The Morgan fingerprint density at radius 2 is 1.33 bits per heavy atom. The van der Waals surface area contributed by atoms with Gasteiger partial charge in [-0.2, -0.15) is 0 Å². The summed E-state index contributed by atoms with van der Waals surface area (Å²) in [6, 6.07) is 3.87. The molecule has 0 bridgehead atoms. The molecule has 3 nitrogen and oxygen atoms in total. The summed E-state index contributed by atoms with van der Waals surface area (Å²) >= 11 is 0. The van der Waals surface area contributed by atoms with Crippen LogP contribution in [0.15, 0.2) is 12.1 Å². The highest BCUT2D eigenvalue weighted by molar-refractivity contribution is 5.47. The van der Waals surface area contributed by atoms with Gasteiger partial charge in [0.1, 0.15) is 0 Å². The Bertz CT molecular complexity index is 413. The van der Waals surface area contributed by atoms with Gasteiger partial charge in [0.05, 0.1) is 4.92 Å². The Morgan fingerprint density at radius 3 is 1.78 bits per heavy atom. The van der Waals surface area contributed by atoms with Gasteiger partial charge in [-0.05, 0) is 36.5 Å². The lowest BCUT2D eigenvalue weighted by Gasteiger charge is -2.11. The van der Waals surface area contributed by atoms with E-state index in [-0.39, 0.29) is 4.92 Å². The largest absolute Gasteiger partial charge is 0.272 e. The fraction of sp³-hybridized carbons (Fsp3) is 0.600. The number of rotatable bonds is 7. The van der Waals surface area contributed by atoms with Crippen molar-refractivity contribution in [2.45, 2.75) is 59.3 Å². The van der Waals surface area contributed by atoms with E-state index in [4.69, 9.17) is 0 Å². The smallest absolute Gasteiger partial charge is 0.258 e. The van der Waals surface area contributed by atoms with Crippen molar-refractivity contribution in [1.29, 1.82) is 0 Å². The highest BCUT2D eigenvalue weighted by atomic mass is 16.6. The van der Waals surface area contributed by atoms with E-state index in [9.17, 15) is 10.1 Å². The second-order valence-electron chi connectivity index (χ2n) is 4.76. The Kier molecular flexibility index (Phi) is 5.83. The topological polar surface area (TPSA) is 43.1 Å². The molecule has 1 aromatic rings. The lowest BCUT2D eigenvalue weighted by Crippen LogP contribution is -2.02. The van der Waals surface area contributed by atoms with Crippen molar-refractivity contribution in [3.05, 3.63) is 38.9 Å². The zero-order valence-electron chi connectivity index (χ0n) is 11.7. The van der Waals surface area contributed by atoms with Gasteiger partial charge in [0.25, 0.3) is 5.69 Å². The molecule has 0 unspecified atom stereocenters. The number of nitrogens with zero attached hydrogens (tertiary/aromatic N) is 1. The maximum Gasteiger partial charge on any atom is 0.272 e. The molecule has 0 aliphatic heterocycles. The molecule has 0 saturated heterocycles. The summed E-state index contributed by atoms with van der Waals surface area (Å²) in [6.07, 6.45) is 5.80. The Labute approximate surface area is 109 Å². The summed E-state index contributed by atoms with van der Waals surface area (Å²) in [6.45, 7) is 6.32. The van der Waals surface area contributed by atoms with Gasteiger partial charge in [0.15, 0.2) is 0 Å². The zero-order valence-corrected chi connectivity index (χ0v) is 11.7. The normalized spacial score (nSPS) is 10.6. The van der Waals surface area contributed by atoms with E-state index in [1.54, 1.807) is 6.07 Å². The van der Waals surface area contributed by atoms with E-state index in [1.807, 2.05) is 0 Å². The first kappa shape index (κ1) is 14.7. The van der Waals surface area contributed by atoms with Gasteiger partial charge in [-0.15, -0.1) is 0 Å². The number of hydrogen-bond acceptors (Lipinski definition) is 2. The zero-order chi connectivity index (χ0) is 13.5. The molecule has 0 fully saturated rings. The Hall–Kier alpha value is -1.38. The van der Waals surface area contributed by atoms with Gasteiger partial charge < -0.3 is 0 Å². The molecular formula is C15H23NO2. The quantitative estimate of drug-likeness (QED) is 0.529. The third-order valence-electron chi connectivity index (χ3n) is 3.16. The van der Waals surface area contributed by atoms with Crippen molar-refractivity contribution in [3.8, 4) is 0 Å². The molecule has 18 heavy (non-hydrogen) atoms. The van der Waals surface area contributed by atoms with Crippen LogP contribution >= 0.6 is 0 Å². The first-order valence-electron chi connectivity index (χ1n) is 6.93. The van der Waals surface area contributed by atoms with E-state index >= 15 is 0 Å². The molecule has 1 aromatic carbocycles. The number of nitro benzene ring substituents is 1. The van der Waals surface area contributed by atoms with Gasteiger partial charge >= 0.3 is 0 Å². The first-order chi connectivity index (χ1) is 8.63. The second-order valence-corrected chi connectivity index (χ2v) is 4.76. The van der Waals surface area contributed by atoms with Crippen LogP contribution in [0.4, 0.5) is 5.69 Å². The lowest BCUT2D eigenvalue weighted by molar-refractivity contribution is -0.385. The molecule has 0 aliphatic carbocycles. The molecule has 0 aliphatic rings. The van der Waals surface area contributed by atoms with Crippen molar-refractivity contribution in [2.24, 2.45) is 0 Å². The number of benzene rings is 1. The summed E-state index contributed by atoms with van der Waals surface area (Å²) in [4.78, 5) is 10.9. The summed E-state index contributed by atoms with van der Waals surface area (Å²) in [5, 5.41) is 11.1. The van der Waals surface area contributed by atoms with Crippen LogP contribution in [0.5, 0.6) is 0 Å². The van der Waals surface area contributed by atoms with Crippen LogP contribution < -0.4 is 0 Å². The van der Waals surface area contributed by atoms with Crippen LogP contribution in [0, 0.1) is 10.1 Å². The third kappa shape index (κ3) is 3.56. The molecule has 0 N–H and O–H groups in total. The van der Waals surface area contributed by atoms with Crippen molar-refractivity contribution in [3.63, 3.8) is 0 Å². The third-order valence-corrected chi connectivity index (χ3v) is 3.16. The second kappa shape index (κ2) is 7.14. The van der Waals surface area contributed by atoms with Crippen LogP contribution in [-0.4, -0.2) is 4.92 Å². The Morgan fingerprint density at radius 1 is 0.889 bits per heavy atom. The minimum Gasteiger partial charge on any atom is -0.258 e. The minimum absolute atomic E-state index is 0.236. The van der Waals surface area contributed by atoms with Crippen molar-refractivity contribution < 1.29 is 4.92 Å².